The van der Waals surface area contributed by atoms with Crippen LogP contribution in [0.4, 0.5) is 0 Å². The molecule has 1 atom stereocenters. The van der Waals surface area contributed by atoms with Gasteiger partial charge in [0.05, 0.1) is 4.83 Å². The highest BCUT2D eigenvalue weighted by atomic mass is 79.9. The molecule has 1 nitrogen and oxygen atoms in total. The number of aldehydes is 1. The van der Waals surface area contributed by atoms with Gasteiger partial charge in [-0.1, -0.05) is 22.9 Å². The topological polar surface area (TPSA) is 17.1 Å². The van der Waals surface area contributed by atoms with Gasteiger partial charge in [-0.2, -0.15) is 0 Å². The number of hydrogen-bond donors (Lipinski definition) is 0. The first-order valence-electron chi connectivity index (χ1n) is 2.78. The van der Waals surface area contributed by atoms with Gasteiger partial charge in [-0.05, 0) is 18.3 Å². The summed E-state index contributed by atoms with van der Waals surface area (Å²) in [5.74, 6) is 0. The average Bonchev–Trinajstić information content (AvgIpc) is 2.47. The highest BCUT2D eigenvalue weighted by Gasteiger charge is 2.43. The second-order valence-corrected chi connectivity index (χ2v) is 3.68. The van der Waals surface area contributed by atoms with Crippen molar-refractivity contribution in [3.05, 3.63) is 0 Å². The van der Waals surface area contributed by atoms with E-state index in [1.807, 2.05) is 0 Å². The zero-order chi connectivity index (χ0) is 6.20. The Balaban J connectivity index is 2.45. The van der Waals surface area contributed by atoms with Gasteiger partial charge in [0, 0.05) is 0 Å². The average molecular weight is 177 g/mol. The van der Waals surface area contributed by atoms with Crippen molar-refractivity contribution in [2.24, 2.45) is 5.41 Å². The van der Waals surface area contributed by atoms with E-state index in [1.165, 1.54) is 12.8 Å². The molecule has 1 aliphatic rings. The van der Waals surface area contributed by atoms with Gasteiger partial charge in [-0.3, -0.25) is 0 Å². The molecule has 0 aromatic rings. The highest BCUT2D eigenvalue weighted by Crippen LogP contribution is 2.50. The van der Waals surface area contributed by atoms with E-state index in [1.54, 1.807) is 0 Å². The maximum atomic E-state index is 10.1. The van der Waals surface area contributed by atoms with Gasteiger partial charge >= 0.3 is 0 Å². The van der Waals surface area contributed by atoms with Gasteiger partial charge in [0.1, 0.15) is 6.29 Å². The molecule has 0 spiro atoms. The summed E-state index contributed by atoms with van der Waals surface area (Å²) in [5.41, 5.74) is 0.307. The van der Waals surface area contributed by atoms with Gasteiger partial charge in [0.25, 0.3) is 0 Å². The van der Waals surface area contributed by atoms with Crippen LogP contribution in [-0.2, 0) is 4.79 Å². The second-order valence-electron chi connectivity index (χ2n) is 2.69. The zero-order valence-electron chi connectivity index (χ0n) is 4.86. The van der Waals surface area contributed by atoms with Crippen LogP contribution >= 0.6 is 15.9 Å². The third-order valence-electron chi connectivity index (χ3n) is 1.82. The van der Waals surface area contributed by atoms with E-state index in [4.69, 9.17) is 0 Å². The summed E-state index contributed by atoms with van der Waals surface area (Å²) in [6.07, 6.45) is 3.37. The molecule has 0 aromatic heterocycles. The first-order valence-corrected chi connectivity index (χ1v) is 3.70. The van der Waals surface area contributed by atoms with E-state index in [-0.39, 0.29) is 4.83 Å². The van der Waals surface area contributed by atoms with E-state index in [0.717, 1.165) is 6.29 Å². The largest absolute Gasteiger partial charge is 0.302 e. The van der Waals surface area contributed by atoms with Crippen molar-refractivity contribution in [2.45, 2.75) is 24.6 Å². The predicted octanol–water partition coefficient (Wildman–Crippen LogP) is 1.75. The van der Waals surface area contributed by atoms with Crippen LogP contribution in [-0.4, -0.2) is 11.1 Å². The lowest BCUT2D eigenvalue weighted by atomic mass is 10.1. The van der Waals surface area contributed by atoms with Gasteiger partial charge < -0.3 is 4.79 Å². The monoisotopic (exact) mass is 176 g/mol. The fourth-order valence-electron chi connectivity index (χ4n) is 0.637. The molecule has 1 unspecified atom stereocenters. The van der Waals surface area contributed by atoms with E-state index in [9.17, 15) is 4.79 Å². The normalized spacial score (nSPS) is 26.8. The van der Waals surface area contributed by atoms with Gasteiger partial charge in [-0.25, -0.2) is 0 Å². The molecule has 0 saturated heterocycles. The Morgan fingerprint density at radius 3 is 2.38 bits per heavy atom. The Morgan fingerprint density at radius 1 is 1.75 bits per heavy atom. The van der Waals surface area contributed by atoms with Gasteiger partial charge in [-0.15, -0.1) is 0 Å². The number of halogens is 1. The highest BCUT2D eigenvalue weighted by molar-refractivity contribution is 9.10. The predicted molar refractivity (Wildman–Crippen MR) is 36.1 cm³/mol. The van der Waals surface area contributed by atoms with Crippen LogP contribution in [0.1, 0.15) is 19.8 Å². The fraction of sp³-hybridized carbons (Fsp3) is 0.833. The van der Waals surface area contributed by atoms with Gasteiger partial charge in [0.2, 0.25) is 0 Å². The molecule has 0 amide bonds. The number of hydrogen-bond acceptors (Lipinski definition) is 1. The second kappa shape index (κ2) is 1.83. The first-order chi connectivity index (χ1) is 3.69. The molecule has 8 heavy (non-hydrogen) atoms. The Bertz CT molecular complexity index is 107. The fourth-order valence-corrected chi connectivity index (χ4v) is 1.10. The summed E-state index contributed by atoms with van der Waals surface area (Å²) in [7, 11) is 0. The molecule has 0 N–H and O–H groups in total. The number of rotatable bonds is 2. The van der Waals surface area contributed by atoms with Crippen LogP contribution in [0.3, 0.4) is 0 Å². The molecule has 0 aromatic carbocycles. The summed E-state index contributed by atoms with van der Waals surface area (Å²) >= 11 is 3.29. The van der Waals surface area contributed by atoms with Crippen LogP contribution in [0.5, 0.6) is 0 Å². The van der Waals surface area contributed by atoms with Crippen LogP contribution in [0.25, 0.3) is 0 Å². The van der Waals surface area contributed by atoms with Crippen LogP contribution < -0.4 is 0 Å². The lowest BCUT2D eigenvalue weighted by Gasteiger charge is -2.07. The van der Waals surface area contributed by atoms with E-state index in [2.05, 4.69) is 22.9 Å². The maximum Gasteiger partial charge on any atom is 0.134 e. The molecule has 0 heterocycles. The third-order valence-corrected chi connectivity index (χ3v) is 3.15. The minimum Gasteiger partial charge on any atom is -0.302 e. The Kier molecular flexibility index (Phi) is 1.44. The minimum atomic E-state index is 0.0926. The summed E-state index contributed by atoms with van der Waals surface area (Å²) in [4.78, 5) is 10.2. The Hall–Kier alpha value is 0.150. The van der Waals surface area contributed by atoms with E-state index >= 15 is 0 Å². The SMILES string of the molecule is CC1(C(Br)C=O)CC1. The van der Waals surface area contributed by atoms with Crippen molar-refractivity contribution < 1.29 is 4.79 Å². The smallest absolute Gasteiger partial charge is 0.134 e. The summed E-state index contributed by atoms with van der Waals surface area (Å²) < 4.78 is 0. The van der Waals surface area contributed by atoms with Crippen molar-refractivity contribution in [1.29, 1.82) is 0 Å². The van der Waals surface area contributed by atoms with Crippen molar-refractivity contribution >= 4 is 22.2 Å². The molecule has 1 rings (SSSR count). The van der Waals surface area contributed by atoms with Gasteiger partial charge in [0.15, 0.2) is 0 Å². The lowest BCUT2D eigenvalue weighted by molar-refractivity contribution is -0.108. The molecular weight excluding hydrogens is 168 g/mol. The van der Waals surface area contributed by atoms with Crippen molar-refractivity contribution in [3.8, 4) is 0 Å². The summed E-state index contributed by atoms with van der Waals surface area (Å²) in [6, 6.07) is 0. The standard InChI is InChI=1S/C6H9BrO/c1-6(2-3-6)5(7)4-8/h4-5H,2-3H2,1H3. The van der Waals surface area contributed by atoms with Crippen LogP contribution in [0, 0.1) is 5.41 Å². The summed E-state index contributed by atoms with van der Waals surface area (Å²) in [6.45, 7) is 2.13. The number of carbonyl (C=O) groups is 1. The molecule has 2 heteroatoms. The van der Waals surface area contributed by atoms with Crippen molar-refractivity contribution in [1.82, 2.24) is 0 Å². The molecule has 0 radical (unpaired) electrons. The van der Waals surface area contributed by atoms with Crippen LogP contribution in [0.2, 0.25) is 0 Å². The lowest BCUT2D eigenvalue weighted by Crippen LogP contribution is -2.12. The van der Waals surface area contributed by atoms with Crippen LogP contribution in [0.15, 0.2) is 0 Å². The first kappa shape index (κ1) is 6.27. The van der Waals surface area contributed by atoms with E-state index in [0.29, 0.717) is 5.41 Å². The molecular formula is C6H9BrO. The number of carbonyl (C=O) groups excluding carboxylic acids is 1. The molecule has 1 fully saturated rings. The summed E-state index contributed by atoms with van der Waals surface area (Å²) in [5, 5.41) is 0. The molecule has 0 bridgehead atoms. The third kappa shape index (κ3) is 0.943. The molecule has 46 valence electrons. The molecule has 1 aliphatic carbocycles. The molecule has 0 aliphatic heterocycles. The van der Waals surface area contributed by atoms with E-state index < -0.39 is 0 Å². The Labute approximate surface area is 57.6 Å². The molecule has 1 saturated carbocycles. The van der Waals surface area contributed by atoms with Crippen molar-refractivity contribution in [2.75, 3.05) is 0 Å². The minimum absolute atomic E-state index is 0.0926. The van der Waals surface area contributed by atoms with Crippen molar-refractivity contribution in [3.63, 3.8) is 0 Å². The number of alkyl halides is 1. The zero-order valence-corrected chi connectivity index (χ0v) is 6.44. The maximum absolute atomic E-state index is 10.1. The quantitative estimate of drug-likeness (QED) is 0.463. The Morgan fingerprint density at radius 2 is 2.25 bits per heavy atom.